The first kappa shape index (κ1) is 31.4. The molecular weight excluding hydrogens is 641 g/mol. The van der Waals surface area contributed by atoms with E-state index >= 15 is 0 Å². The monoisotopic (exact) mass is 680 g/mol. The average molecular weight is 681 g/mol. The summed E-state index contributed by atoms with van der Waals surface area (Å²) in [6, 6.07) is 64.5. The molecule has 0 spiro atoms. The van der Waals surface area contributed by atoms with Crippen molar-refractivity contribution in [3.8, 4) is 27.9 Å². The molecule has 0 fully saturated rings. The number of hydrogen-bond donors (Lipinski definition) is 0. The second kappa shape index (κ2) is 12.4. The van der Waals surface area contributed by atoms with Crippen LogP contribution in [0.4, 0.5) is 17.1 Å². The summed E-state index contributed by atoms with van der Waals surface area (Å²) in [6.07, 6.45) is 4.45. The van der Waals surface area contributed by atoms with E-state index in [1.165, 1.54) is 72.4 Å². The van der Waals surface area contributed by atoms with Gasteiger partial charge in [-0.25, -0.2) is 0 Å². The fourth-order valence-electron chi connectivity index (χ4n) is 8.89. The smallest absolute Gasteiger partial charge is 0.0537 e. The van der Waals surface area contributed by atoms with E-state index in [0.717, 1.165) is 29.9 Å². The second-order valence-electron chi connectivity index (χ2n) is 14.9. The highest BCUT2D eigenvalue weighted by molar-refractivity contribution is 5.96. The Bertz CT molecular complexity index is 2680. The molecule has 2 aliphatic carbocycles. The van der Waals surface area contributed by atoms with E-state index in [1.807, 2.05) is 0 Å². The predicted octanol–water partition coefficient (Wildman–Crippen LogP) is 13.6. The van der Waals surface area contributed by atoms with Gasteiger partial charge in [-0.15, -0.1) is 0 Å². The number of benzene rings is 7. The summed E-state index contributed by atoms with van der Waals surface area (Å²) in [5.41, 5.74) is 19.1. The molecule has 8 aromatic rings. The third-order valence-electron chi connectivity index (χ3n) is 11.5. The van der Waals surface area contributed by atoms with Gasteiger partial charge in [0.1, 0.15) is 0 Å². The Morgan fingerprint density at radius 2 is 1.13 bits per heavy atom. The quantitative estimate of drug-likeness (QED) is 0.170. The van der Waals surface area contributed by atoms with Crippen molar-refractivity contribution in [2.45, 2.75) is 32.1 Å². The molecule has 0 bridgehead atoms. The molecule has 0 saturated heterocycles. The molecule has 7 aromatic carbocycles. The van der Waals surface area contributed by atoms with Crippen molar-refractivity contribution >= 4 is 39.6 Å². The average Bonchev–Trinajstić information content (AvgIpc) is 3.67. The molecular formula is C51H40N2. The summed E-state index contributed by atoms with van der Waals surface area (Å²) in [6.45, 7) is 4.70. The van der Waals surface area contributed by atoms with Gasteiger partial charge in [0.15, 0.2) is 0 Å². The summed E-state index contributed by atoms with van der Waals surface area (Å²) < 4.78 is 2.44. The zero-order chi connectivity index (χ0) is 35.5. The standard InChI is InChI=1S/C51H40N2/c1-51(2)47-22-11-9-20-43(47)46-34-42(29-31-48(46)51)52(40-27-24-36(25-28-40)35-14-5-3-6-15-35)41-19-13-16-37(32-41)38-26-30-45-44-21-10-12-23-49(44)53(50(45)33-38)39-17-7-4-8-18-39/h3-25,27-29,31-34H,26,30H2,1-2H3. The Labute approximate surface area is 311 Å². The maximum Gasteiger partial charge on any atom is 0.0537 e. The summed E-state index contributed by atoms with van der Waals surface area (Å²) >= 11 is 0. The highest BCUT2D eigenvalue weighted by atomic mass is 15.1. The lowest BCUT2D eigenvalue weighted by atomic mass is 9.82. The molecule has 10 rings (SSSR count). The molecule has 0 N–H and O–H groups in total. The second-order valence-corrected chi connectivity index (χ2v) is 14.9. The number of rotatable bonds is 6. The molecule has 0 aliphatic heterocycles. The normalized spacial score (nSPS) is 14.0. The zero-order valence-corrected chi connectivity index (χ0v) is 30.1. The van der Waals surface area contributed by atoms with E-state index in [2.05, 4.69) is 205 Å². The van der Waals surface area contributed by atoms with Gasteiger partial charge in [0.05, 0.1) is 11.2 Å². The van der Waals surface area contributed by atoms with Crippen LogP contribution in [0.25, 0.3) is 50.5 Å². The number of anilines is 3. The minimum absolute atomic E-state index is 0.0406. The molecule has 0 atom stereocenters. The SMILES string of the molecule is CC1(C)c2ccccc2-c2cc(N(c3ccc(-c4ccccc4)cc3)c3cccc(C4=Cc5c(c6ccccc6n5-c5ccccc5)CC4)c3)ccc21. The molecule has 0 amide bonds. The van der Waals surface area contributed by atoms with Crippen LogP contribution in [0.5, 0.6) is 0 Å². The summed E-state index contributed by atoms with van der Waals surface area (Å²) in [4.78, 5) is 2.43. The Morgan fingerprint density at radius 1 is 0.491 bits per heavy atom. The van der Waals surface area contributed by atoms with Crippen LogP contribution in [-0.4, -0.2) is 4.57 Å². The van der Waals surface area contributed by atoms with Crippen molar-refractivity contribution in [3.63, 3.8) is 0 Å². The zero-order valence-electron chi connectivity index (χ0n) is 30.1. The van der Waals surface area contributed by atoms with Gasteiger partial charge in [0, 0.05) is 33.6 Å². The van der Waals surface area contributed by atoms with E-state index in [-0.39, 0.29) is 5.41 Å². The van der Waals surface area contributed by atoms with Crippen molar-refractivity contribution < 1.29 is 0 Å². The van der Waals surface area contributed by atoms with Crippen LogP contribution in [0.15, 0.2) is 176 Å². The van der Waals surface area contributed by atoms with Crippen LogP contribution in [0.2, 0.25) is 0 Å². The lowest BCUT2D eigenvalue weighted by molar-refractivity contribution is 0.660. The molecule has 2 nitrogen and oxygen atoms in total. The van der Waals surface area contributed by atoms with E-state index in [0.29, 0.717) is 0 Å². The molecule has 2 aliphatic rings. The molecule has 2 heteroatoms. The number of fused-ring (bicyclic) bond motifs is 6. The molecule has 1 aromatic heterocycles. The number of para-hydroxylation sites is 2. The Morgan fingerprint density at radius 3 is 1.96 bits per heavy atom. The fourth-order valence-corrected chi connectivity index (χ4v) is 8.89. The van der Waals surface area contributed by atoms with E-state index < -0.39 is 0 Å². The van der Waals surface area contributed by atoms with Gasteiger partial charge in [-0.3, -0.25) is 0 Å². The van der Waals surface area contributed by atoms with Gasteiger partial charge in [0.2, 0.25) is 0 Å². The maximum absolute atomic E-state index is 2.44. The van der Waals surface area contributed by atoms with E-state index in [9.17, 15) is 0 Å². The number of aryl methyl sites for hydroxylation is 1. The van der Waals surface area contributed by atoms with Crippen LogP contribution >= 0.6 is 0 Å². The Kier molecular flexibility index (Phi) is 7.33. The van der Waals surface area contributed by atoms with Crippen molar-refractivity contribution in [1.29, 1.82) is 0 Å². The summed E-state index contributed by atoms with van der Waals surface area (Å²) in [5, 5.41) is 1.35. The fraction of sp³-hybridized carbons (Fsp3) is 0.0980. The predicted molar refractivity (Wildman–Crippen MR) is 224 cm³/mol. The molecule has 1 heterocycles. The molecule has 0 unspecified atom stereocenters. The number of allylic oxidation sites excluding steroid dienone is 1. The van der Waals surface area contributed by atoms with Gasteiger partial charge < -0.3 is 9.47 Å². The molecule has 0 saturated carbocycles. The third-order valence-corrected chi connectivity index (χ3v) is 11.5. The highest BCUT2D eigenvalue weighted by Crippen LogP contribution is 2.51. The van der Waals surface area contributed by atoms with E-state index in [1.54, 1.807) is 0 Å². The van der Waals surface area contributed by atoms with Gasteiger partial charge in [-0.2, -0.15) is 0 Å². The number of hydrogen-bond acceptors (Lipinski definition) is 1. The van der Waals surface area contributed by atoms with Crippen LogP contribution in [0.3, 0.4) is 0 Å². The van der Waals surface area contributed by atoms with Gasteiger partial charge in [-0.1, -0.05) is 135 Å². The van der Waals surface area contributed by atoms with Crippen LogP contribution in [-0.2, 0) is 11.8 Å². The van der Waals surface area contributed by atoms with Crippen molar-refractivity contribution in [1.82, 2.24) is 4.57 Å². The minimum atomic E-state index is -0.0406. The lowest BCUT2D eigenvalue weighted by Crippen LogP contribution is -2.15. The highest BCUT2D eigenvalue weighted by Gasteiger charge is 2.35. The van der Waals surface area contributed by atoms with Crippen molar-refractivity contribution in [2.75, 3.05) is 4.90 Å². The third kappa shape index (κ3) is 5.17. The minimum Gasteiger partial charge on any atom is -0.310 e. The topological polar surface area (TPSA) is 8.17 Å². The van der Waals surface area contributed by atoms with Crippen LogP contribution < -0.4 is 4.90 Å². The number of aromatic nitrogens is 1. The first-order chi connectivity index (χ1) is 26.0. The molecule has 254 valence electrons. The largest absolute Gasteiger partial charge is 0.310 e. The van der Waals surface area contributed by atoms with Crippen LogP contribution in [0, 0.1) is 0 Å². The molecule has 53 heavy (non-hydrogen) atoms. The van der Waals surface area contributed by atoms with Gasteiger partial charge in [0.25, 0.3) is 0 Å². The van der Waals surface area contributed by atoms with Gasteiger partial charge in [-0.05, 0) is 124 Å². The first-order valence-corrected chi connectivity index (χ1v) is 18.7. The van der Waals surface area contributed by atoms with Crippen LogP contribution in [0.1, 0.15) is 48.2 Å². The van der Waals surface area contributed by atoms with Crippen molar-refractivity contribution in [2.24, 2.45) is 0 Å². The Hall–Kier alpha value is -6.38. The Balaban J connectivity index is 1.11. The summed E-state index contributed by atoms with van der Waals surface area (Å²) in [7, 11) is 0. The number of nitrogens with zero attached hydrogens (tertiary/aromatic N) is 2. The molecule has 0 radical (unpaired) electrons. The first-order valence-electron chi connectivity index (χ1n) is 18.7. The lowest BCUT2D eigenvalue weighted by Gasteiger charge is -2.28. The van der Waals surface area contributed by atoms with Crippen molar-refractivity contribution in [3.05, 3.63) is 204 Å². The van der Waals surface area contributed by atoms with E-state index in [4.69, 9.17) is 0 Å². The summed E-state index contributed by atoms with van der Waals surface area (Å²) in [5.74, 6) is 0. The van der Waals surface area contributed by atoms with Gasteiger partial charge >= 0.3 is 0 Å². The maximum atomic E-state index is 2.44.